The monoisotopic (exact) mass is 282 g/mol. The molecule has 0 radical (unpaired) electrons. The first kappa shape index (κ1) is 11.8. The number of halogens is 1. The summed E-state index contributed by atoms with van der Waals surface area (Å²) in [6.45, 7) is 8.93. The fourth-order valence-electron chi connectivity index (χ4n) is 2.05. The molecule has 1 aliphatic rings. The van der Waals surface area contributed by atoms with Crippen LogP contribution < -0.4 is 10.6 Å². The van der Waals surface area contributed by atoms with Crippen LogP contribution in [0.1, 0.15) is 19.4 Å². The van der Waals surface area contributed by atoms with Crippen molar-refractivity contribution in [2.24, 2.45) is 11.8 Å². The standard InChI is InChI=1S/C13H19BrN2/c1-8(2)10-6-16(7-10)13-5-12(15)9(3)4-11(13)14/h4-5,8,10H,6-7,15H2,1-3H3. The van der Waals surface area contributed by atoms with Gasteiger partial charge in [0.15, 0.2) is 0 Å². The van der Waals surface area contributed by atoms with Gasteiger partial charge in [0.2, 0.25) is 0 Å². The van der Waals surface area contributed by atoms with Crippen LogP contribution in [0.3, 0.4) is 0 Å². The van der Waals surface area contributed by atoms with Crippen LogP contribution in [0.5, 0.6) is 0 Å². The second-order valence-electron chi connectivity index (χ2n) is 5.07. The Morgan fingerprint density at radius 3 is 2.56 bits per heavy atom. The van der Waals surface area contributed by atoms with Gasteiger partial charge >= 0.3 is 0 Å². The van der Waals surface area contributed by atoms with Crippen LogP contribution in [0.15, 0.2) is 16.6 Å². The van der Waals surface area contributed by atoms with E-state index in [2.05, 4.69) is 46.8 Å². The Balaban J connectivity index is 2.15. The van der Waals surface area contributed by atoms with Crippen LogP contribution in [0, 0.1) is 18.8 Å². The number of nitrogens with zero attached hydrogens (tertiary/aromatic N) is 1. The number of nitrogens with two attached hydrogens (primary N) is 1. The average Bonchev–Trinajstić information content (AvgIpc) is 2.10. The molecule has 0 aliphatic carbocycles. The van der Waals surface area contributed by atoms with Gasteiger partial charge < -0.3 is 10.6 Å². The minimum absolute atomic E-state index is 0.776. The molecule has 2 N–H and O–H groups in total. The molecule has 0 unspecified atom stereocenters. The molecule has 1 aliphatic heterocycles. The minimum atomic E-state index is 0.776. The summed E-state index contributed by atoms with van der Waals surface area (Å²) in [7, 11) is 0. The van der Waals surface area contributed by atoms with Crippen molar-refractivity contribution in [2.45, 2.75) is 20.8 Å². The maximum Gasteiger partial charge on any atom is 0.0531 e. The third kappa shape index (κ3) is 2.05. The summed E-state index contributed by atoms with van der Waals surface area (Å²) in [5.74, 6) is 1.60. The fraction of sp³-hybridized carbons (Fsp3) is 0.538. The number of anilines is 2. The topological polar surface area (TPSA) is 29.3 Å². The Morgan fingerprint density at radius 1 is 1.38 bits per heavy atom. The molecule has 2 rings (SSSR count). The maximum atomic E-state index is 5.95. The quantitative estimate of drug-likeness (QED) is 0.842. The molecule has 16 heavy (non-hydrogen) atoms. The Morgan fingerprint density at radius 2 is 2.00 bits per heavy atom. The summed E-state index contributed by atoms with van der Waals surface area (Å²) in [5, 5.41) is 0. The summed E-state index contributed by atoms with van der Waals surface area (Å²) in [5.41, 5.74) is 9.21. The lowest BCUT2D eigenvalue weighted by Crippen LogP contribution is -2.49. The first-order valence-electron chi connectivity index (χ1n) is 5.79. The van der Waals surface area contributed by atoms with E-state index in [1.165, 1.54) is 5.69 Å². The van der Waals surface area contributed by atoms with Gasteiger partial charge in [-0.1, -0.05) is 13.8 Å². The molecule has 0 amide bonds. The molecule has 0 spiro atoms. The Kier molecular flexibility index (Phi) is 3.15. The average molecular weight is 283 g/mol. The van der Waals surface area contributed by atoms with Crippen molar-refractivity contribution in [1.29, 1.82) is 0 Å². The summed E-state index contributed by atoms with van der Waals surface area (Å²) in [6, 6.07) is 4.18. The second-order valence-corrected chi connectivity index (χ2v) is 5.92. The highest BCUT2D eigenvalue weighted by Gasteiger charge is 2.30. The Labute approximate surface area is 106 Å². The van der Waals surface area contributed by atoms with Crippen molar-refractivity contribution in [3.05, 3.63) is 22.2 Å². The van der Waals surface area contributed by atoms with Gasteiger partial charge in [-0.25, -0.2) is 0 Å². The first-order valence-corrected chi connectivity index (χ1v) is 6.59. The lowest BCUT2D eigenvalue weighted by atomic mass is 9.88. The first-order chi connectivity index (χ1) is 7.49. The summed E-state index contributed by atoms with van der Waals surface area (Å²) >= 11 is 3.62. The molecular weight excluding hydrogens is 264 g/mol. The van der Waals surface area contributed by atoms with E-state index in [0.717, 1.165) is 40.6 Å². The zero-order chi connectivity index (χ0) is 11.9. The molecular formula is C13H19BrN2. The molecule has 88 valence electrons. The number of hydrogen-bond donors (Lipinski definition) is 1. The van der Waals surface area contributed by atoms with Gasteiger partial charge in [0, 0.05) is 23.2 Å². The van der Waals surface area contributed by atoms with E-state index in [1.54, 1.807) is 0 Å². The summed E-state index contributed by atoms with van der Waals surface area (Å²) in [4.78, 5) is 2.39. The van der Waals surface area contributed by atoms with Gasteiger partial charge in [-0.05, 0) is 52.4 Å². The van der Waals surface area contributed by atoms with Crippen LogP contribution in [0.2, 0.25) is 0 Å². The van der Waals surface area contributed by atoms with E-state index in [9.17, 15) is 0 Å². The van der Waals surface area contributed by atoms with Crippen LogP contribution in [0.4, 0.5) is 11.4 Å². The van der Waals surface area contributed by atoms with Gasteiger partial charge in [0.1, 0.15) is 0 Å². The van der Waals surface area contributed by atoms with Gasteiger partial charge in [-0.3, -0.25) is 0 Å². The minimum Gasteiger partial charge on any atom is -0.398 e. The third-order valence-corrected chi connectivity index (χ3v) is 4.16. The van der Waals surface area contributed by atoms with E-state index in [4.69, 9.17) is 5.73 Å². The number of hydrogen-bond acceptors (Lipinski definition) is 2. The van der Waals surface area contributed by atoms with Crippen LogP contribution in [0.25, 0.3) is 0 Å². The molecule has 0 bridgehead atoms. The number of benzene rings is 1. The van der Waals surface area contributed by atoms with Crippen molar-refractivity contribution < 1.29 is 0 Å². The SMILES string of the molecule is Cc1cc(Br)c(N2CC(C(C)C)C2)cc1N. The van der Waals surface area contributed by atoms with E-state index in [-0.39, 0.29) is 0 Å². The van der Waals surface area contributed by atoms with Crippen molar-refractivity contribution in [1.82, 2.24) is 0 Å². The molecule has 1 heterocycles. The molecule has 2 nitrogen and oxygen atoms in total. The summed E-state index contributed by atoms with van der Waals surface area (Å²) in [6.07, 6.45) is 0. The maximum absolute atomic E-state index is 5.95. The van der Waals surface area contributed by atoms with Gasteiger partial charge in [0.05, 0.1) is 5.69 Å². The Hall–Kier alpha value is -0.700. The molecule has 0 aromatic heterocycles. The normalized spacial score (nSPS) is 16.7. The fourth-order valence-corrected chi connectivity index (χ4v) is 2.76. The molecule has 0 atom stereocenters. The predicted molar refractivity (Wildman–Crippen MR) is 73.8 cm³/mol. The van der Waals surface area contributed by atoms with E-state index >= 15 is 0 Å². The molecule has 3 heteroatoms. The van der Waals surface area contributed by atoms with Gasteiger partial charge in [-0.2, -0.15) is 0 Å². The van der Waals surface area contributed by atoms with Crippen LogP contribution >= 0.6 is 15.9 Å². The lowest BCUT2D eigenvalue weighted by molar-refractivity contribution is 0.309. The molecule has 1 saturated heterocycles. The zero-order valence-corrected chi connectivity index (χ0v) is 11.7. The van der Waals surface area contributed by atoms with Crippen molar-refractivity contribution >= 4 is 27.3 Å². The number of nitrogen functional groups attached to an aromatic ring is 1. The molecule has 1 aromatic carbocycles. The summed E-state index contributed by atoms with van der Waals surface area (Å²) < 4.78 is 1.15. The second kappa shape index (κ2) is 4.28. The van der Waals surface area contributed by atoms with Gasteiger partial charge in [0.25, 0.3) is 0 Å². The Bertz CT molecular complexity index is 395. The smallest absolute Gasteiger partial charge is 0.0531 e. The molecule has 0 saturated carbocycles. The number of rotatable bonds is 2. The van der Waals surface area contributed by atoms with Crippen molar-refractivity contribution in [2.75, 3.05) is 23.7 Å². The largest absolute Gasteiger partial charge is 0.398 e. The predicted octanol–water partition coefficient (Wildman–Crippen LogP) is 3.43. The third-order valence-electron chi connectivity index (χ3n) is 3.53. The highest BCUT2D eigenvalue weighted by molar-refractivity contribution is 9.10. The molecule has 1 fully saturated rings. The molecule has 1 aromatic rings. The zero-order valence-electron chi connectivity index (χ0n) is 10.1. The highest BCUT2D eigenvalue weighted by atomic mass is 79.9. The van der Waals surface area contributed by atoms with E-state index in [1.807, 2.05) is 6.92 Å². The lowest BCUT2D eigenvalue weighted by Gasteiger charge is -2.43. The van der Waals surface area contributed by atoms with Crippen molar-refractivity contribution in [3.63, 3.8) is 0 Å². The number of aryl methyl sites for hydroxylation is 1. The van der Waals surface area contributed by atoms with Crippen LogP contribution in [-0.2, 0) is 0 Å². The van der Waals surface area contributed by atoms with E-state index < -0.39 is 0 Å². The van der Waals surface area contributed by atoms with E-state index in [0.29, 0.717) is 0 Å². The van der Waals surface area contributed by atoms with Gasteiger partial charge in [-0.15, -0.1) is 0 Å². The van der Waals surface area contributed by atoms with Crippen molar-refractivity contribution in [3.8, 4) is 0 Å². The highest BCUT2D eigenvalue weighted by Crippen LogP contribution is 2.36. The van der Waals surface area contributed by atoms with Crippen LogP contribution in [-0.4, -0.2) is 13.1 Å².